The van der Waals surface area contributed by atoms with Crippen molar-refractivity contribution in [2.45, 2.75) is 58.9 Å². The molecular formula is C27H33N3O3. The Bertz CT molecular complexity index is 1170. The molecule has 1 unspecified atom stereocenters. The van der Waals surface area contributed by atoms with Gasteiger partial charge in [-0.3, -0.25) is 14.2 Å². The number of nitrogens with zero attached hydrogens (tertiary/aromatic N) is 3. The smallest absolute Gasteiger partial charge is 0.266 e. The number of benzene rings is 2. The van der Waals surface area contributed by atoms with E-state index in [0.717, 1.165) is 43.5 Å². The van der Waals surface area contributed by atoms with Crippen molar-refractivity contribution in [2.24, 2.45) is 5.92 Å². The van der Waals surface area contributed by atoms with Crippen LogP contribution in [0.2, 0.25) is 0 Å². The van der Waals surface area contributed by atoms with Gasteiger partial charge in [0.1, 0.15) is 11.6 Å². The van der Waals surface area contributed by atoms with Crippen molar-refractivity contribution in [3.63, 3.8) is 0 Å². The van der Waals surface area contributed by atoms with Gasteiger partial charge in [0.15, 0.2) is 0 Å². The van der Waals surface area contributed by atoms with Crippen LogP contribution in [0.4, 0.5) is 0 Å². The Morgan fingerprint density at radius 2 is 1.85 bits per heavy atom. The topological polar surface area (TPSA) is 64.4 Å². The zero-order valence-electron chi connectivity index (χ0n) is 19.8. The summed E-state index contributed by atoms with van der Waals surface area (Å²) in [5.74, 6) is 1.63. The average Bonchev–Trinajstić information content (AvgIpc) is 3.68. The van der Waals surface area contributed by atoms with Gasteiger partial charge in [-0.2, -0.15) is 0 Å². The Morgan fingerprint density at radius 1 is 1.12 bits per heavy atom. The highest BCUT2D eigenvalue weighted by Gasteiger charge is 2.36. The minimum atomic E-state index is -0.321. The number of unbranched alkanes of at least 4 members (excludes halogenated alkanes) is 2. The van der Waals surface area contributed by atoms with Crippen molar-refractivity contribution >= 4 is 16.8 Å². The lowest BCUT2D eigenvalue weighted by Gasteiger charge is -2.31. The fourth-order valence-electron chi connectivity index (χ4n) is 4.27. The third-order valence-corrected chi connectivity index (χ3v) is 6.26. The number of hydrogen-bond donors (Lipinski definition) is 0. The zero-order chi connectivity index (χ0) is 23.4. The maximum atomic E-state index is 13.7. The standard InChI is InChI=1S/C27H33N3O3/c1-4-6-9-18-29(26(31)20-12-13-20)19(3)25-28-24-11-8-7-10-23(24)27(32)30(25)21-14-16-22(17-15-21)33-5-2/h7-8,10-11,14-17,19-20H,4-6,9,12-13,18H2,1-3H3. The highest BCUT2D eigenvalue weighted by atomic mass is 16.5. The van der Waals surface area contributed by atoms with E-state index in [0.29, 0.717) is 29.9 Å². The van der Waals surface area contributed by atoms with Gasteiger partial charge in [0.05, 0.1) is 29.2 Å². The van der Waals surface area contributed by atoms with Crippen molar-refractivity contribution in [3.8, 4) is 11.4 Å². The van der Waals surface area contributed by atoms with Crippen LogP contribution in [0.15, 0.2) is 53.3 Å². The van der Waals surface area contributed by atoms with E-state index in [-0.39, 0.29) is 23.4 Å². The second-order valence-electron chi connectivity index (χ2n) is 8.74. The van der Waals surface area contributed by atoms with Crippen LogP contribution in [0.3, 0.4) is 0 Å². The molecular weight excluding hydrogens is 414 g/mol. The largest absolute Gasteiger partial charge is 0.494 e. The molecule has 6 nitrogen and oxygen atoms in total. The molecule has 0 aliphatic heterocycles. The Kier molecular flexibility index (Phi) is 7.11. The molecule has 2 aromatic carbocycles. The Balaban J connectivity index is 1.82. The van der Waals surface area contributed by atoms with Crippen molar-refractivity contribution in [3.05, 3.63) is 64.7 Å². The lowest BCUT2D eigenvalue weighted by molar-refractivity contribution is -0.135. The molecule has 0 saturated heterocycles. The maximum Gasteiger partial charge on any atom is 0.266 e. The number of amides is 1. The van der Waals surface area contributed by atoms with Gasteiger partial charge in [0, 0.05) is 12.5 Å². The number of fused-ring (bicyclic) bond motifs is 1. The van der Waals surface area contributed by atoms with Crippen LogP contribution in [0.25, 0.3) is 16.6 Å². The Labute approximate surface area is 195 Å². The molecule has 1 atom stereocenters. The quantitative estimate of drug-likeness (QED) is 0.397. The van der Waals surface area contributed by atoms with E-state index in [1.165, 1.54) is 0 Å². The normalized spacial score (nSPS) is 14.3. The molecule has 1 aromatic heterocycles. The van der Waals surface area contributed by atoms with E-state index in [1.807, 2.05) is 61.2 Å². The van der Waals surface area contributed by atoms with Gasteiger partial charge in [-0.1, -0.05) is 31.9 Å². The molecule has 0 N–H and O–H groups in total. The summed E-state index contributed by atoms with van der Waals surface area (Å²) in [6.45, 7) is 7.35. The molecule has 1 fully saturated rings. The first-order valence-corrected chi connectivity index (χ1v) is 12.1. The van der Waals surface area contributed by atoms with Gasteiger partial charge >= 0.3 is 0 Å². The van der Waals surface area contributed by atoms with Crippen LogP contribution >= 0.6 is 0 Å². The van der Waals surface area contributed by atoms with Crippen LogP contribution in [-0.4, -0.2) is 33.5 Å². The summed E-state index contributed by atoms with van der Waals surface area (Å²) in [4.78, 5) is 33.7. The van der Waals surface area contributed by atoms with Crippen LogP contribution in [-0.2, 0) is 4.79 Å². The first-order chi connectivity index (χ1) is 16.0. The second-order valence-corrected chi connectivity index (χ2v) is 8.74. The predicted molar refractivity (Wildman–Crippen MR) is 131 cm³/mol. The molecule has 1 aliphatic rings. The second kappa shape index (κ2) is 10.2. The molecule has 4 rings (SSSR count). The molecule has 0 bridgehead atoms. The monoisotopic (exact) mass is 447 g/mol. The number of carbonyl (C=O) groups excluding carboxylic acids is 1. The summed E-state index contributed by atoms with van der Waals surface area (Å²) < 4.78 is 7.24. The average molecular weight is 448 g/mol. The minimum absolute atomic E-state index is 0.111. The fourth-order valence-corrected chi connectivity index (χ4v) is 4.27. The van der Waals surface area contributed by atoms with E-state index in [9.17, 15) is 9.59 Å². The van der Waals surface area contributed by atoms with Crippen molar-refractivity contribution in [1.29, 1.82) is 0 Å². The van der Waals surface area contributed by atoms with E-state index in [2.05, 4.69) is 6.92 Å². The van der Waals surface area contributed by atoms with E-state index in [1.54, 1.807) is 10.6 Å². The van der Waals surface area contributed by atoms with Crippen molar-refractivity contribution in [2.75, 3.05) is 13.2 Å². The highest BCUT2D eigenvalue weighted by Crippen LogP contribution is 2.34. The van der Waals surface area contributed by atoms with Gasteiger partial charge in [-0.05, 0) is 69.5 Å². The van der Waals surface area contributed by atoms with Crippen molar-refractivity contribution in [1.82, 2.24) is 14.5 Å². The number of ether oxygens (including phenoxy) is 1. The highest BCUT2D eigenvalue weighted by molar-refractivity contribution is 5.82. The SMILES string of the molecule is CCCCCN(C(=O)C1CC1)C(C)c1nc2ccccc2c(=O)n1-c1ccc(OCC)cc1. The first-order valence-electron chi connectivity index (χ1n) is 12.1. The molecule has 174 valence electrons. The molecule has 0 spiro atoms. The molecule has 1 heterocycles. The fraction of sp³-hybridized carbons (Fsp3) is 0.444. The zero-order valence-corrected chi connectivity index (χ0v) is 19.8. The predicted octanol–water partition coefficient (Wildman–Crippen LogP) is 5.27. The van der Waals surface area contributed by atoms with E-state index >= 15 is 0 Å². The summed E-state index contributed by atoms with van der Waals surface area (Å²) in [6, 6.07) is 14.6. The Morgan fingerprint density at radius 3 is 2.52 bits per heavy atom. The lowest BCUT2D eigenvalue weighted by Crippen LogP contribution is -2.39. The van der Waals surface area contributed by atoms with Crippen LogP contribution in [0, 0.1) is 5.92 Å². The molecule has 1 amide bonds. The van der Waals surface area contributed by atoms with Crippen LogP contribution < -0.4 is 10.3 Å². The molecule has 3 aromatic rings. The summed E-state index contributed by atoms with van der Waals surface area (Å²) in [6.07, 6.45) is 5.00. The maximum absolute atomic E-state index is 13.7. The van der Waals surface area contributed by atoms with Gasteiger partial charge in [0.25, 0.3) is 5.56 Å². The minimum Gasteiger partial charge on any atom is -0.494 e. The number of rotatable bonds is 10. The lowest BCUT2D eigenvalue weighted by atomic mass is 10.1. The van der Waals surface area contributed by atoms with Crippen LogP contribution in [0.5, 0.6) is 5.75 Å². The summed E-state index contributed by atoms with van der Waals surface area (Å²) >= 11 is 0. The third-order valence-electron chi connectivity index (χ3n) is 6.26. The molecule has 1 saturated carbocycles. The van der Waals surface area contributed by atoms with Gasteiger partial charge in [-0.25, -0.2) is 4.98 Å². The number of aromatic nitrogens is 2. The third kappa shape index (κ3) is 4.95. The van der Waals surface area contributed by atoms with Gasteiger partial charge in [0.2, 0.25) is 5.91 Å². The Hall–Kier alpha value is -3.15. The van der Waals surface area contributed by atoms with Crippen LogP contribution in [0.1, 0.15) is 64.7 Å². The van der Waals surface area contributed by atoms with E-state index < -0.39 is 0 Å². The first kappa shape index (κ1) is 23.0. The summed E-state index contributed by atoms with van der Waals surface area (Å²) in [5, 5.41) is 0.563. The van der Waals surface area contributed by atoms with Crippen molar-refractivity contribution < 1.29 is 9.53 Å². The number of hydrogen-bond acceptors (Lipinski definition) is 4. The van der Waals surface area contributed by atoms with Gasteiger partial charge < -0.3 is 9.64 Å². The van der Waals surface area contributed by atoms with Gasteiger partial charge in [-0.15, -0.1) is 0 Å². The number of carbonyl (C=O) groups is 1. The van der Waals surface area contributed by atoms with E-state index in [4.69, 9.17) is 9.72 Å². The number of para-hydroxylation sites is 1. The summed E-state index contributed by atoms with van der Waals surface area (Å²) in [7, 11) is 0. The molecule has 6 heteroatoms. The molecule has 0 radical (unpaired) electrons. The summed E-state index contributed by atoms with van der Waals surface area (Å²) in [5.41, 5.74) is 1.24. The molecule has 33 heavy (non-hydrogen) atoms. The molecule has 1 aliphatic carbocycles.